The second-order valence-corrected chi connectivity index (χ2v) is 4.93. The first-order valence-corrected chi connectivity index (χ1v) is 7.45. The zero-order valence-electron chi connectivity index (χ0n) is 13.1. The van der Waals surface area contributed by atoms with Crippen LogP contribution in [0.2, 0.25) is 0 Å². The molecular weight excluding hydrogens is 300 g/mol. The number of aromatic nitrogens is 1. The third-order valence-corrected chi connectivity index (χ3v) is 3.23. The van der Waals surface area contributed by atoms with Gasteiger partial charge in [0.05, 0.1) is 33.0 Å². The standard InChI is InChI=1S/C16H22N2O5/c1-21-6-7-23-9-8-22-5-4-17-13-2-3-14-12(10-13)11-15(18-14)16(19)20/h2-3,10-11,17-18H,4-9H2,1H3,(H,19,20). The summed E-state index contributed by atoms with van der Waals surface area (Å²) in [5, 5.41) is 13.1. The van der Waals surface area contributed by atoms with Gasteiger partial charge in [0.1, 0.15) is 5.69 Å². The second-order valence-electron chi connectivity index (χ2n) is 4.93. The number of hydrogen-bond donors (Lipinski definition) is 3. The molecule has 0 aliphatic rings. The minimum atomic E-state index is -0.961. The van der Waals surface area contributed by atoms with E-state index in [0.717, 1.165) is 16.6 Å². The van der Waals surface area contributed by atoms with Crippen molar-refractivity contribution < 1.29 is 24.1 Å². The molecule has 0 fully saturated rings. The number of carboxylic acid groups (broad SMARTS) is 1. The zero-order chi connectivity index (χ0) is 16.5. The van der Waals surface area contributed by atoms with E-state index in [1.807, 2.05) is 18.2 Å². The maximum Gasteiger partial charge on any atom is 0.352 e. The number of fused-ring (bicyclic) bond motifs is 1. The van der Waals surface area contributed by atoms with Crippen LogP contribution in [0.5, 0.6) is 0 Å². The minimum absolute atomic E-state index is 0.189. The third kappa shape index (κ3) is 5.55. The number of aromatic amines is 1. The van der Waals surface area contributed by atoms with Crippen molar-refractivity contribution in [1.82, 2.24) is 4.98 Å². The fourth-order valence-electron chi connectivity index (χ4n) is 2.09. The Kier molecular flexibility index (Phi) is 6.86. The molecule has 0 unspecified atom stereocenters. The third-order valence-electron chi connectivity index (χ3n) is 3.23. The fourth-order valence-corrected chi connectivity index (χ4v) is 2.09. The lowest BCUT2D eigenvalue weighted by Crippen LogP contribution is -2.13. The average molecular weight is 322 g/mol. The number of carboxylic acids is 1. The fraction of sp³-hybridized carbons (Fsp3) is 0.438. The Labute approximate surface area is 134 Å². The first-order valence-electron chi connectivity index (χ1n) is 7.45. The molecular formula is C16H22N2O5. The molecule has 7 nitrogen and oxygen atoms in total. The molecule has 0 spiro atoms. The van der Waals surface area contributed by atoms with Crippen molar-refractivity contribution in [3.05, 3.63) is 30.0 Å². The summed E-state index contributed by atoms with van der Waals surface area (Å²) in [5.74, 6) is -0.961. The van der Waals surface area contributed by atoms with Gasteiger partial charge in [0.15, 0.2) is 0 Å². The predicted molar refractivity (Wildman–Crippen MR) is 87.3 cm³/mol. The van der Waals surface area contributed by atoms with Crippen LogP contribution in [0.1, 0.15) is 10.5 Å². The molecule has 1 aromatic heterocycles. The second kappa shape index (κ2) is 9.14. The van der Waals surface area contributed by atoms with Crippen molar-refractivity contribution in [2.24, 2.45) is 0 Å². The summed E-state index contributed by atoms with van der Waals surface area (Å²) >= 11 is 0. The van der Waals surface area contributed by atoms with E-state index in [1.54, 1.807) is 13.2 Å². The van der Waals surface area contributed by atoms with E-state index in [2.05, 4.69) is 10.3 Å². The van der Waals surface area contributed by atoms with Crippen molar-refractivity contribution in [3.8, 4) is 0 Å². The van der Waals surface area contributed by atoms with Crippen LogP contribution >= 0.6 is 0 Å². The van der Waals surface area contributed by atoms with Gasteiger partial charge < -0.3 is 29.6 Å². The molecule has 7 heteroatoms. The van der Waals surface area contributed by atoms with E-state index in [4.69, 9.17) is 19.3 Å². The van der Waals surface area contributed by atoms with E-state index in [0.29, 0.717) is 39.6 Å². The van der Waals surface area contributed by atoms with Gasteiger partial charge in [-0.05, 0) is 24.3 Å². The summed E-state index contributed by atoms with van der Waals surface area (Å²) in [6.45, 7) is 3.50. The molecule has 0 aliphatic heterocycles. The molecule has 126 valence electrons. The number of benzene rings is 1. The van der Waals surface area contributed by atoms with Gasteiger partial charge in [-0.15, -0.1) is 0 Å². The average Bonchev–Trinajstić information content (AvgIpc) is 2.97. The van der Waals surface area contributed by atoms with Gasteiger partial charge in [0, 0.05) is 30.2 Å². The van der Waals surface area contributed by atoms with E-state index >= 15 is 0 Å². The van der Waals surface area contributed by atoms with E-state index in [1.165, 1.54) is 0 Å². The molecule has 0 atom stereocenters. The number of nitrogens with one attached hydrogen (secondary N) is 2. The van der Waals surface area contributed by atoms with Crippen molar-refractivity contribution in [2.75, 3.05) is 52.0 Å². The molecule has 0 amide bonds. The highest BCUT2D eigenvalue weighted by Crippen LogP contribution is 2.20. The van der Waals surface area contributed by atoms with Gasteiger partial charge in [0.25, 0.3) is 0 Å². The monoisotopic (exact) mass is 322 g/mol. The van der Waals surface area contributed by atoms with Crippen LogP contribution in [0.15, 0.2) is 24.3 Å². The Bertz CT molecular complexity index is 626. The number of rotatable bonds is 11. The molecule has 23 heavy (non-hydrogen) atoms. The molecule has 0 radical (unpaired) electrons. The molecule has 2 aromatic rings. The van der Waals surface area contributed by atoms with Crippen LogP contribution < -0.4 is 5.32 Å². The SMILES string of the molecule is COCCOCCOCCNc1ccc2[nH]c(C(=O)O)cc2c1. The Morgan fingerprint density at radius 2 is 1.87 bits per heavy atom. The minimum Gasteiger partial charge on any atom is -0.477 e. The summed E-state index contributed by atoms with van der Waals surface area (Å²) in [7, 11) is 1.64. The lowest BCUT2D eigenvalue weighted by molar-refractivity contribution is 0.0272. The van der Waals surface area contributed by atoms with Gasteiger partial charge in [-0.3, -0.25) is 0 Å². The highest BCUT2D eigenvalue weighted by molar-refractivity contribution is 5.94. The van der Waals surface area contributed by atoms with E-state index in [9.17, 15) is 4.79 Å². The van der Waals surface area contributed by atoms with E-state index in [-0.39, 0.29) is 5.69 Å². The number of carbonyl (C=O) groups is 1. The van der Waals surface area contributed by atoms with Gasteiger partial charge in [-0.25, -0.2) is 4.79 Å². The molecule has 1 aromatic carbocycles. The summed E-state index contributed by atoms with van der Waals surface area (Å²) < 4.78 is 15.6. The number of methoxy groups -OCH3 is 1. The Hall–Kier alpha value is -2.09. The quantitative estimate of drug-likeness (QED) is 0.548. The Morgan fingerprint density at radius 1 is 1.13 bits per heavy atom. The summed E-state index contributed by atoms with van der Waals surface area (Å²) in [5.41, 5.74) is 1.92. The largest absolute Gasteiger partial charge is 0.477 e. The molecule has 0 bridgehead atoms. The number of hydrogen-bond acceptors (Lipinski definition) is 5. The Morgan fingerprint density at radius 3 is 2.61 bits per heavy atom. The highest BCUT2D eigenvalue weighted by atomic mass is 16.5. The van der Waals surface area contributed by atoms with Crippen LogP contribution in [-0.2, 0) is 14.2 Å². The molecule has 1 heterocycles. The molecule has 0 saturated carbocycles. The molecule has 3 N–H and O–H groups in total. The van der Waals surface area contributed by atoms with Gasteiger partial charge in [-0.1, -0.05) is 0 Å². The van der Waals surface area contributed by atoms with Gasteiger partial charge in [-0.2, -0.15) is 0 Å². The first kappa shape index (κ1) is 17.3. The normalized spacial score (nSPS) is 11.0. The van der Waals surface area contributed by atoms with Crippen molar-refractivity contribution in [1.29, 1.82) is 0 Å². The summed E-state index contributed by atoms with van der Waals surface area (Å²) in [6.07, 6.45) is 0. The number of H-pyrrole nitrogens is 1. The van der Waals surface area contributed by atoms with Crippen LogP contribution in [0.25, 0.3) is 10.9 Å². The zero-order valence-corrected chi connectivity index (χ0v) is 13.1. The smallest absolute Gasteiger partial charge is 0.352 e. The van der Waals surface area contributed by atoms with Gasteiger partial charge >= 0.3 is 5.97 Å². The lowest BCUT2D eigenvalue weighted by atomic mass is 10.2. The van der Waals surface area contributed by atoms with Crippen LogP contribution in [-0.4, -0.2) is 62.7 Å². The maximum absolute atomic E-state index is 10.9. The van der Waals surface area contributed by atoms with Gasteiger partial charge in [0.2, 0.25) is 0 Å². The lowest BCUT2D eigenvalue weighted by Gasteiger charge is -2.08. The van der Waals surface area contributed by atoms with Crippen LogP contribution in [0.4, 0.5) is 5.69 Å². The van der Waals surface area contributed by atoms with Crippen molar-refractivity contribution in [2.45, 2.75) is 0 Å². The molecule has 0 aliphatic carbocycles. The topological polar surface area (TPSA) is 92.8 Å². The molecule has 2 rings (SSSR count). The number of ether oxygens (including phenoxy) is 3. The first-order chi connectivity index (χ1) is 11.2. The maximum atomic E-state index is 10.9. The van der Waals surface area contributed by atoms with Crippen LogP contribution in [0.3, 0.4) is 0 Å². The number of anilines is 1. The summed E-state index contributed by atoms with van der Waals surface area (Å²) in [4.78, 5) is 13.8. The van der Waals surface area contributed by atoms with E-state index < -0.39 is 5.97 Å². The van der Waals surface area contributed by atoms with Crippen molar-refractivity contribution >= 4 is 22.6 Å². The number of aromatic carboxylic acids is 1. The Balaban J connectivity index is 1.68. The highest BCUT2D eigenvalue weighted by Gasteiger charge is 2.07. The molecule has 0 saturated heterocycles. The van der Waals surface area contributed by atoms with Crippen LogP contribution in [0, 0.1) is 0 Å². The van der Waals surface area contributed by atoms with Crippen molar-refractivity contribution in [3.63, 3.8) is 0 Å². The summed E-state index contributed by atoms with van der Waals surface area (Å²) in [6, 6.07) is 7.29. The predicted octanol–water partition coefficient (Wildman–Crippen LogP) is 1.96.